The Morgan fingerprint density at radius 2 is 1.23 bits per heavy atom. The predicted molar refractivity (Wildman–Crippen MR) is 30.3 cm³/mol. The van der Waals surface area contributed by atoms with E-state index in [1.165, 1.54) is 0 Å². The van der Waals surface area contributed by atoms with Crippen LogP contribution < -0.4 is 0 Å². The lowest BCUT2D eigenvalue weighted by Crippen LogP contribution is -2.85. The van der Waals surface area contributed by atoms with E-state index in [1.807, 2.05) is 0 Å². The van der Waals surface area contributed by atoms with Crippen molar-refractivity contribution in [3.8, 4) is 0 Å². The van der Waals surface area contributed by atoms with E-state index in [9.17, 15) is 26.3 Å². The molecule has 0 aromatic carbocycles. The van der Waals surface area contributed by atoms with E-state index in [4.69, 9.17) is 0 Å². The minimum Gasteiger partial charge on any atom is -0.342 e. The maximum absolute atomic E-state index is 12.9. The number of hydrogen-bond acceptors (Lipinski definition) is 1. The Kier molecular flexibility index (Phi) is 1.74. The number of hydrogen-bond donors (Lipinski definition) is 0. The molecule has 13 heavy (non-hydrogen) atoms. The van der Waals surface area contributed by atoms with Gasteiger partial charge in [-0.05, 0) is 6.92 Å². The monoisotopic (exact) mass is 208 g/mol. The van der Waals surface area contributed by atoms with Crippen LogP contribution >= 0.6 is 0 Å². The lowest BCUT2D eigenvalue weighted by Gasteiger charge is -2.55. The second-order valence-electron chi connectivity index (χ2n) is 2.95. The van der Waals surface area contributed by atoms with Gasteiger partial charge in [0.1, 0.15) is 0 Å². The van der Waals surface area contributed by atoms with Gasteiger partial charge in [-0.3, -0.25) is 0 Å². The van der Waals surface area contributed by atoms with Crippen LogP contribution in [0, 0.1) is 0 Å². The van der Waals surface area contributed by atoms with Crippen LogP contribution in [0.4, 0.5) is 26.3 Å². The fourth-order valence-corrected chi connectivity index (χ4v) is 1.25. The van der Waals surface area contributed by atoms with Crippen molar-refractivity contribution in [2.24, 2.45) is 0 Å². The number of alkyl halides is 6. The van der Waals surface area contributed by atoms with Crippen molar-refractivity contribution in [3.63, 3.8) is 0 Å². The predicted octanol–water partition coefficient (Wildman–Crippen LogP) is 2.31. The summed E-state index contributed by atoms with van der Waals surface area (Å²) in [4.78, 5) is 0. The molecule has 0 bridgehead atoms. The van der Waals surface area contributed by atoms with E-state index < -0.39 is 23.4 Å². The van der Waals surface area contributed by atoms with Crippen LogP contribution in [0.5, 0.6) is 0 Å². The van der Waals surface area contributed by atoms with Crippen molar-refractivity contribution in [3.05, 3.63) is 0 Å². The van der Waals surface area contributed by atoms with Crippen LogP contribution in [0.1, 0.15) is 6.92 Å². The molecule has 0 amide bonds. The Labute approximate surface area is 69.7 Å². The second kappa shape index (κ2) is 2.13. The molecule has 0 heterocycles. The minimum atomic E-state index is -5.14. The largest absolute Gasteiger partial charge is 0.374 e. The van der Waals surface area contributed by atoms with E-state index in [0.717, 1.165) is 0 Å². The van der Waals surface area contributed by atoms with Crippen LogP contribution in [0.2, 0.25) is 0 Å². The molecular weight excluding hydrogens is 202 g/mol. The number of ether oxygens (including phenoxy) is 1. The van der Waals surface area contributed by atoms with E-state index in [1.54, 1.807) is 0 Å². The molecule has 0 saturated heterocycles. The standard InChI is InChI=1S/C6H6F6O/c1-3(7)4(8,9)5(10,11)6(3,12)13-2/h1-2H3. The van der Waals surface area contributed by atoms with Crippen molar-refractivity contribution >= 4 is 0 Å². The molecule has 7 heteroatoms. The zero-order valence-electron chi connectivity index (χ0n) is 6.68. The zero-order valence-corrected chi connectivity index (χ0v) is 6.68. The quantitative estimate of drug-likeness (QED) is 0.601. The first-order valence-electron chi connectivity index (χ1n) is 3.25. The van der Waals surface area contributed by atoms with Crippen LogP contribution in [-0.2, 0) is 4.74 Å². The summed E-state index contributed by atoms with van der Waals surface area (Å²) in [5, 5.41) is 0. The molecular formula is C6H6F6O. The lowest BCUT2D eigenvalue weighted by molar-refractivity contribution is -0.493. The first-order valence-corrected chi connectivity index (χ1v) is 3.25. The topological polar surface area (TPSA) is 9.23 Å². The Morgan fingerprint density at radius 1 is 0.846 bits per heavy atom. The average Bonchev–Trinajstić information content (AvgIpc) is 2.00. The zero-order chi connectivity index (χ0) is 10.7. The van der Waals surface area contributed by atoms with Crippen molar-refractivity contribution in [1.82, 2.24) is 0 Å². The fraction of sp³-hybridized carbons (Fsp3) is 1.00. The van der Waals surface area contributed by atoms with Gasteiger partial charge in [0.2, 0.25) is 5.67 Å². The normalized spacial score (nSPS) is 47.1. The molecule has 1 rings (SSSR count). The van der Waals surface area contributed by atoms with Crippen LogP contribution in [0.25, 0.3) is 0 Å². The number of methoxy groups -OCH3 is 1. The average molecular weight is 208 g/mol. The van der Waals surface area contributed by atoms with Crippen molar-refractivity contribution in [1.29, 1.82) is 0 Å². The second-order valence-corrected chi connectivity index (χ2v) is 2.95. The SMILES string of the molecule is COC1(F)C(C)(F)C(F)(F)C1(F)F. The molecule has 0 aromatic rings. The summed E-state index contributed by atoms with van der Waals surface area (Å²) in [6.07, 6.45) is 0. The highest BCUT2D eigenvalue weighted by atomic mass is 19.3. The number of halogens is 6. The molecule has 1 aliphatic carbocycles. The summed E-state index contributed by atoms with van der Waals surface area (Å²) in [7, 11) is 0.404. The van der Waals surface area contributed by atoms with E-state index >= 15 is 0 Å². The molecule has 0 aromatic heterocycles. The minimum absolute atomic E-state index is 0.0356. The van der Waals surface area contributed by atoms with E-state index in [2.05, 4.69) is 4.74 Å². The van der Waals surface area contributed by atoms with Crippen LogP contribution in [0.15, 0.2) is 0 Å². The van der Waals surface area contributed by atoms with E-state index in [-0.39, 0.29) is 6.92 Å². The smallest absolute Gasteiger partial charge is 0.342 e. The van der Waals surface area contributed by atoms with Gasteiger partial charge in [0.15, 0.2) is 0 Å². The highest BCUT2D eigenvalue weighted by Gasteiger charge is 2.97. The summed E-state index contributed by atoms with van der Waals surface area (Å²) in [6, 6.07) is 0. The maximum Gasteiger partial charge on any atom is 0.374 e. The Bertz CT molecular complexity index is 217. The summed E-state index contributed by atoms with van der Waals surface area (Å²) < 4.78 is 78.5. The van der Waals surface area contributed by atoms with E-state index in [0.29, 0.717) is 7.11 Å². The Hall–Kier alpha value is -0.460. The van der Waals surface area contributed by atoms with Gasteiger partial charge in [-0.15, -0.1) is 0 Å². The molecule has 0 N–H and O–H groups in total. The van der Waals surface area contributed by atoms with Gasteiger partial charge in [-0.2, -0.15) is 17.6 Å². The molecule has 2 unspecified atom stereocenters. The third-order valence-corrected chi connectivity index (χ3v) is 2.27. The lowest BCUT2D eigenvalue weighted by atomic mass is 9.69. The summed E-state index contributed by atoms with van der Waals surface area (Å²) in [6.45, 7) is 0.0356. The van der Waals surface area contributed by atoms with Crippen molar-refractivity contribution in [2.75, 3.05) is 7.11 Å². The maximum atomic E-state index is 12.9. The summed E-state index contributed by atoms with van der Waals surface area (Å²) in [5.41, 5.74) is -4.02. The first-order chi connectivity index (χ1) is 5.56. The third-order valence-electron chi connectivity index (χ3n) is 2.27. The van der Waals surface area contributed by atoms with Gasteiger partial charge in [0.25, 0.3) is 0 Å². The van der Waals surface area contributed by atoms with Gasteiger partial charge in [0.05, 0.1) is 0 Å². The molecule has 1 aliphatic rings. The van der Waals surface area contributed by atoms with Gasteiger partial charge < -0.3 is 4.74 Å². The highest BCUT2D eigenvalue weighted by Crippen LogP contribution is 2.67. The van der Waals surface area contributed by atoms with Crippen LogP contribution in [0.3, 0.4) is 0 Å². The number of rotatable bonds is 1. The third kappa shape index (κ3) is 0.707. The van der Waals surface area contributed by atoms with Gasteiger partial charge >= 0.3 is 17.7 Å². The Balaban J connectivity index is 3.18. The summed E-state index contributed by atoms with van der Waals surface area (Å²) >= 11 is 0. The highest BCUT2D eigenvalue weighted by molar-refractivity contribution is 5.26. The molecule has 0 radical (unpaired) electrons. The van der Waals surface area contributed by atoms with Gasteiger partial charge in [-0.1, -0.05) is 0 Å². The molecule has 2 atom stereocenters. The van der Waals surface area contributed by atoms with Crippen LogP contribution in [-0.4, -0.2) is 30.5 Å². The van der Waals surface area contributed by atoms with Crippen molar-refractivity contribution in [2.45, 2.75) is 30.3 Å². The molecule has 0 spiro atoms. The molecule has 1 nitrogen and oxygen atoms in total. The Morgan fingerprint density at radius 3 is 1.38 bits per heavy atom. The molecule has 1 fully saturated rings. The van der Waals surface area contributed by atoms with Gasteiger partial charge in [-0.25, -0.2) is 8.78 Å². The first kappa shape index (κ1) is 10.6. The molecule has 1 saturated carbocycles. The summed E-state index contributed by atoms with van der Waals surface area (Å²) in [5.74, 6) is -14.5. The fourth-order valence-electron chi connectivity index (χ4n) is 1.25. The molecule has 0 aliphatic heterocycles. The molecule has 78 valence electrons. The van der Waals surface area contributed by atoms with Gasteiger partial charge in [0, 0.05) is 7.11 Å². The van der Waals surface area contributed by atoms with Crippen molar-refractivity contribution < 1.29 is 31.1 Å².